The van der Waals surface area contributed by atoms with Crippen LogP contribution in [0.5, 0.6) is 0 Å². The fourth-order valence-corrected chi connectivity index (χ4v) is 5.95. The van der Waals surface area contributed by atoms with E-state index in [1.165, 1.54) is 0 Å². The first kappa shape index (κ1) is 23.8. The summed E-state index contributed by atoms with van der Waals surface area (Å²) < 4.78 is 11.8. The standard InChI is InChI=1S/C24H32N4O3SSi/c1-15(31-33(5,6)24(2,3)4)22-26-27-23(32-22)17-12-18(13-17)25-21(29)19-14-20(30-28-19)16-10-8-7-9-11-16/h7-11,14-15,17-18H,12-13H2,1-6H3,(H,25,29)/t15-,17?,18?/m0/s1. The van der Waals surface area contributed by atoms with E-state index in [1.54, 1.807) is 17.4 Å². The molecule has 0 unspecified atom stereocenters. The van der Waals surface area contributed by atoms with Crippen molar-refractivity contribution in [3.63, 3.8) is 0 Å². The van der Waals surface area contributed by atoms with Crippen LogP contribution in [0, 0.1) is 0 Å². The Morgan fingerprint density at radius 1 is 1.21 bits per heavy atom. The lowest BCUT2D eigenvalue weighted by molar-refractivity contribution is 0.0899. The molecule has 33 heavy (non-hydrogen) atoms. The molecule has 1 atom stereocenters. The van der Waals surface area contributed by atoms with E-state index in [0.717, 1.165) is 28.4 Å². The van der Waals surface area contributed by atoms with Crippen LogP contribution in [0.4, 0.5) is 0 Å². The fraction of sp³-hybridized carbons (Fsp3) is 0.500. The Kier molecular flexibility index (Phi) is 6.57. The molecule has 3 aromatic rings. The van der Waals surface area contributed by atoms with Crippen LogP contribution < -0.4 is 5.32 Å². The van der Waals surface area contributed by atoms with E-state index in [9.17, 15) is 4.79 Å². The monoisotopic (exact) mass is 484 g/mol. The third kappa shape index (κ3) is 5.25. The molecule has 2 heterocycles. The van der Waals surface area contributed by atoms with E-state index in [1.807, 2.05) is 30.3 Å². The Morgan fingerprint density at radius 3 is 2.58 bits per heavy atom. The molecule has 1 fully saturated rings. The molecular weight excluding hydrogens is 452 g/mol. The smallest absolute Gasteiger partial charge is 0.273 e. The van der Waals surface area contributed by atoms with Gasteiger partial charge in [-0.2, -0.15) is 0 Å². The van der Waals surface area contributed by atoms with Crippen molar-refractivity contribution in [2.24, 2.45) is 0 Å². The molecule has 9 heteroatoms. The average Bonchev–Trinajstić information content (AvgIpc) is 3.40. The first-order chi connectivity index (χ1) is 15.5. The molecule has 1 N–H and O–H groups in total. The molecule has 176 valence electrons. The van der Waals surface area contributed by atoms with Gasteiger partial charge in [-0.1, -0.05) is 67.6 Å². The molecule has 0 saturated heterocycles. The van der Waals surface area contributed by atoms with Crippen LogP contribution in [0.1, 0.15) is 73.1 Å². The van der Waals surface area contributed by atoms with Gasteiger partial charge in [-0.25, -0.2) is 0 Å². The van der Waals surface area contributed by atoms with Crippen molar-refractivity contribution in [2.45, 2.75) is 76.7 Å². The Balaban J connectivity index is 1.29. The summed E-state index contributed by atoms with van der Waals surface area (Å²) in [6, 6.07) is 11.4. The molecule has 4 rings (SSSR count). The quantitative estimate of drug-likeness (QED) is 0.417. The van der Waals surface area contributed by atoms with Crippen molar-refractivity contribution in [1.82, 2.24) is 20.7 Å². The topological polar surface area (TPSA) is 90.1 Å². The normalized spacial score (nSPS) is 19.7. The van der Waals surface area contributed by atoms with E-state index < -0.39 is 8.32 Å². The number of nitrogens with zero attached hydrogens (tertiary/aromatic N) is 3. The molecular formula is C24H32N4O3SSi. The second-order valence-electron chi connectivity index (χ2n) is 10.3. The van der Waals surface area contributed by atoms with Crippen molar-refractivity contribution in [1.29, 1.82) is 0 Å². The summed E-state index contributed by atoms with van der Waals surface area (Å²) in [7, 11) is -1.87. The SMILES string of the molecule is C[C@H](O[Si](C)(C)C(C)(C)C)c1nnc(C2CC(NC(=O)c3cc(-c4ccccc4)on3)C2)s1. The highest BCUT2D eigenvalue weighted by atomic mass is 32.1. The van der Waals surface area contributed by atoms with Crippen molar-refractivity contribution >= 4 is 25.6 Å². The largest absolute Gasteiger partial charge is 0.408 e. The van der Waals surface area contributed by atoms with Gasteiger partial charge in [0.25, 0.3) is 5.91 Å². The van der Waals surface area contributed by atoms with Crippen molar-refractivity contribution in [3.05, 3.63) is 52.1 Å². The average molecular weight is 485 g/mol. The minimum absolute atomic E-state index is 0.0568. The van der Waals surface area contributed by atoms with Gasteiger partial charge in [0.15, 0.2) is 19.8 Å². The number of rotatable bonds is 7. The van der Waals surface area contributed by atoms with Crippen LogP contribution in [0.3, 0.4) is 0 Å². The number of benzene rings is 1. The van der Waals surface area contributed by atoms with Crippen molar-refractivity contribution in [2.75, 3.05) is 0 Å². The van der Waals surface area contributed by atoms with Crippen molar-refractivity contribution < 1.29 is 13.7 Å². The molecule has 7 nitrogen and oxygen atoms in total. The Morgan fingerprint density at radius 2 is 1.91 bits per heavy atom. The molecule has 0 aliphatic heterocycles. The van der Waals surface area contributed by atoms with Crippen LogP contribution in [0.25, 0.3) is 11.3 Å². The van der Waals surface area contributed by atoms with Gasteiger partial charge in [0, 0.05) is 23.6 Å². The molecule has 0 spiro atoms. The van der Waals surface area contributed by atoms with Crippen LogP contribution in [0.2, 0.25) is 18.1 Å². The van der Waals surface area contributed by atoms with Gasteiger partial charge in [-0.3, -0.25) is 4.79 Å². The zero-order valence-corrected chi connectivity index (χ0v) is 21.9. The molecule has 0 bridgehead atoms. The predicted octanol–water partition coefficient (Wildman–Crippen LogP) is 5.95. The van der Waals surface area contributed by atoms with Gasteiger partial charge in [-0.15, -0.1) is 10.2 Å². The molecule has 1 amide bonds. The van der Waals surface area contributed by atoms with Gasteiger partial charge in [0.2, 0.25) is 0 Å². The highest BCUT2D eigenvalue weighted by Gasteiger charge is 2.40. The van der Waals surface area contributed by atoms with Crippen LogP contribution >= 0.6 is 11.3 Å². The van der Waals surface area contributed by atoms with Crippen LogP contribution in [0.15, 0.2) is 40.9 Å². The highest BCUT2D eigenvalue weighted by Crippen LogP contribution is 2.42. The number of hydrogen-bond acceptors (Lipinski definition) is 7. The minimum Gasteiger partial charge on any atom is -0.408 e. The minimum atomic E-state index is -1.87. The number of carbonyl (C=O) groups excluding carboxylic acids is 1. The number of aromatic nitrogens is 3. The van der Waals surface area contributed by atoms with Crippen molar-refractivity contribution in [3.8, 4) is 11.3 Å². The number of amides is 1. The van der Waals surface area contributed by atoms with Gasteiger partial charge in [-0.05, 0) is 37.9 Å². The lowest BCUT2D eigenvalue weighted by Crippen LogP contribution is -2.43. The maximum absolute atomic E-state index is 12.6. The molecule has 1 saturated carbocycles. The number of hydrogen-bond donors (Lipinski definition) is 1. The van der Waals surface area contributed by atoms with Gasteiger partial charge < -0.3 is 14.3 Å². The van der Waals surface area contributed by atoms with E-state index in [-0.39, 0.29) is 23.1 Å². The fourth-order valence-electron chi connectivity index (χ4n) is 3.56. The van der Waals surface area contributed by atoms with E-state index in [2.05, 4.69) is 61.5 Å². The zero-order chi connectivity index (χ0) is 23.8. The number of carbonyl (C=O) groups is 1. The number of nitrogens with one attached hydrogen (secondary N) is 1. The second kappa shape index (κ2) is 9.12. The van der Waals surface area contributed by atoms with E-state index in [4.69, 9.17) is 8.95 Å². The maximum Gasteiger partial charge on any atom is 0.273 e. The van der Waals surface area contributed by atoms with Crippen LogP contribution in [-0.4, -0.2) is 35.6 Å². The summed E-state index contributed by atoms with van der Waals surface area (Å²) in [6.45, 7) is 13.3. The molecule has 1 aliphatic rings. The van der Waals surface area contributed by atoms with E-state index in [0.29, 0.717) is 17.4 Å². The van der Waals surface area contributed by atoms with Gasteiger partial charge >= 0.3 is 0 Å². The lowest BCUT2D eigenvalue weighted by atomic mass is 9.80. The first-order valence-electron chi connectivity index (χ1n) is 11.4. The summed E-state index contributed by atoms with van der Waals surface area (Å²) >= 11 is 1.63. The summed E-state index contributed by atoms with van der Waals surface area (Å²) in [5, 5.41) is 17.9. The molecule has 1 aliphatic carbocycles. The van der Waals surface area contributed by atoms with Gasteiger partial charge in [0.05, 0.1) is 6.10 Å². The summed E-state index contributed by atoms with van der Waals surface area (Å²) in [5.41, 5.74) is 1.19. The highest BCUT2D eigenvalue weighted by molar-refractivity contribution is 7.11. The summed E-state index contributed by atoms with van der Waals surface area (Å²) in [6.07, 6.45) is 1.64. The first-order valence-corrected chi connectivity index (χ1v) is 15.1. The Bertz CT molecular complexity index is 1100. The zero-order valence-electron chi connectivity index (χ0n) is 20.1. The molecule has 0 radical (unpaired) electrons. The predicted molar refractivity (Wildman–Crippen MR) is 132 cm³/mol. The third-order valence-electron chi connectivity index (χ3n) is 6.71. The van der Waals surface area contributed by atoms with Gasteiger partial charge in [0.1, 0.15) is 10.0 Å². The second-order valence-corrected chi connectivity index (χ2v) is 16.1. The lowest BCUT2D eigenvalue weighted by Gasteiger charge is -2.37. The Hall–Kier alpha value is -2.36. The summed E-state index contributed by atoms with van der Waals surface area (Å²) in [4.78, 5) is 12.6. The molecule has 2 aromatic heterocycles. The Labute approximate surface area is 200 Å². The third-order valence-corrected chi connectivity index (χ3v) is 12.5. The molecule has 1 aromatic carbocycles. The van der Waals surface area contributed by atoms with Crippen LogP contribution in [-0.2, 0) is 4.43 Å². The summed E-state index contributed by atoms with van der Waals surface area (Å²) in [5.74, 6) is 0.695. The maximum atomic E-state index is 12.6. The van der Waals surface area contributed by atoms with E-state index >= 15 is 0 Å².